The zero-order valence-corrected chi connectivity index (χ0v) is 12.5. The highest BCUT2D eigenvalue weighted by Crippen LogP contribution is 2.21. The van der Waals surface area contributed by atoms with Crippen LogP contribution in [0, 0.1) is 11.3 Å². The number of aromatic amines is 1. The molecule has 3 heterocycles. The van der Waals surface area contributed by atoms with E-state index in [4.69, 9.17) is 0 Å². The Balaban J connectivity index is 1.78. The normalized spacial score (nSPS) is 14.3. The SMILES string of the molecule is N#Cc1c(N2CCc3ccccc3CC2)nc2[nH]ccn2c1=O. The van der Waals surface area contributed by atoms with E-state index in [0.29, 0.717) is 11.6 Å². The first-order chi connectivity index (χ1) is 11.3. The van der Waals surface area contributed by atoms with Crippen molar-refractivity contribution in [3.8, 4) is 6.07 Å². The predicted molar refractivity (Wildman–Crippen MR) is 86.6 cm³/mol. The molecule has 1 N–H and O–H groups in total. The van der Waals surface area contributed by atoms with Crippen LogP contribution < -0.4 is 10.5 Å². The second kappa shape index (κ2) is 5.29. The van der Waals surface area contributed by atoms with Gasteiger partial charge < -0.3 is 9.88 Å². The van der Waals surface area contributed by atoms with E-state index in [-0.39, 0.29) is 11.1 Å². The molecule has 6 nitrogen and oxygen atoms in total. The van der Waals surface area contributed by atoms with E-state index < -0.39 is 0 Å². The van der Waals surface area contributed by atoms with Crippen LogP contribution in [-0.2, 0) is 12.8 Å². The number of hydrogen-bond acceptors (Lipinski definition) is 4. The highest BCUT2D eigenvalue weighted by Gasteiger charge is 2.21. The Morgan fingerprint density at radius 1 is 1.17 bits per heavy atom. The monoisotopic (exact) mass is 305 g/mol. The Hall–Kier alpha value is -3.07. The third-order valence-electron chi connectivity index (χ3n) is 4.36. The summed E-state index contributed by atoms with van der Waals surface area (Å²) in [4.78, 5) is 21.9. The molecule has 23 heavy (non-hydrogen) atoms. The maximum Gasteiger partial charge on any atom is 0.279 e. The quantitative estimate of drug-likeness (QED) is 0.739. The van der Waals surface area contributed by atoms with Crippen molar-refractivity contribution >= 4 is 11.6 Å². The number of hydrogen-bond donors (Lipinski definition) is 1. The van der Waals surface area contributed by atoms with E-state index in [2.05, 4.69) is 22.1 Å². The molecular formula is C17H15N5O. The van der Waals surface area contributed by atoms with E-state index in [1.807, 2.05) is 23.1 Å². The van der Waals surface area contributed by atoms with Crippen LogP contribution in [0.3, 0.4) is 0 Å². The predicted octanol–water partition coefficient (Wildman–Crippen LogP) is 1.50. The highest BCUT2D eigenvalue weighted by molar-refractivity contribution is 5.57. The van der Waals surface area contributed by atoms with Crippen LogP contribution in [0.4, 0.5) is 5.82 Å². The molecule has 0 amide bonds. The van der Waals surface area contributed by atoms with Crippen molar-refractivity contribution in [2.24, 2.45) is 0 Å². The van der Waals surface area contributed by atoms with E-state index in [0.717, 1.165) is 25.9 Å². The van der Waals surface area contributed by atoms with Crippen LogP contribution >= 0.6 is 0 Å². The van der Waals surface area contributed by atoms with Crippen molar-refractivity contribution in [3.05, 3.63) is 63.7 Å². The van der Waals surface area contributed by atoms with Crippen LogP contribution in [0.15, 0.2) is 41.5 Å². The summed E-state index contributed by atoms with van der Waals surface area (Å²) in [6.45, 7) is 1.49. The van der Waals surface area contributed by atoms with Gasteiger partial charge in [-0.05, 0) is 24.0 Å². The lowest BCUT2D eigenvalue weighted by Crippen LogP contribution is -2.31. The van der Waals surface area contributed by atoms with Gasteiger partial charge in [-0.15, -0.1) is 0 Å². The third-order valence-corrected chi connectivity index (χ3v) is 4.36. The molecule has 114 valence electrons. The Morgan fingerprint density at radius 3 is 2.52 bits per heavy atom. The number of rotatable bonds is 1. The zero-order valence-electron chi connectivity index (χ0n) is 12.5. The molecule has 1 aliphatic heterocycles. The largest absolute Gasteiger partial charge is 0.355 e. The first-order valence-corrected chi connectivity index (χ1v) is 7.59. The van der Waals surface area contributed by atoms with E-state index in [1.54, 1.807) is 12.4 Å². The van der Waals surface area contributed by atoms with Crippen molar-refractivity contribution in [1.82, 2.24) is 14.4 Å². The Labute approximate surface area is 132 Å². The fourth-order valence-electron chi connectivity index (χ4n) is 3.16. The van der Waals surface area contributed by atoms with Crippen molar-refractivity contribution in [3.63, 3.8) is 0 Å². The van der Waals surface area contributed by atoms with Crippen molar-refractivity contribution < 1.29 is 0 Å². The zero-order chi connectivity index (χ0) is 15.8. The van der Waals surface area contributed by atoms with Crippen LogP contribution in [0.5, 0.6) is 0 Å². The molecule has 1 aromatic carbocycles. The molecular weight excluding hydrogens is 290 g/mol. The fraction of sp³-hybridized carbons (Fsp3) is 0.235. The molecule has 0 bridgehead atoms. The van der Waals surface area contributed by atoms with E-state index in [1.165, 1.54) is 15.5 Å². The second-order valence-electron chi connectivity index (χ2n) is 5.64. The summed E-state index contributed by atoms with van der Waals surface area (Å²) in [7, 11) is 0. The molecule has 6 heteroatoms. The summed E-state index contributed by atoms with van der Waals surface area (Å²) >= 11 is 0. The highest BCUT2D eigenvalue weighted by atomic mass is 16.1. The third kappa shape index (κ3) is 2.18. The number of nitrogens with zero attached hydrogens (tertiary/aromatic N) is 4. The second-order valence-corrected chi connectivity index (χ2v) is 5.64. The molecule has 0 atom stereocenters. The lowest BCUT2D eigenvalue weighted by Gasteiger charge is -2.22. The Morgan fingerprint density at radius 2 is 1.87 bits per heavy atom. The van der Waals surface area contributed by atoms with Crippen molar-refractivity contribution in [2.75, 3.05) is 18.0 Å². The molecule has 0 saturated heterocycles. The van der Waals surface area contributed by atoms with Gasteiger partial charge in [0.1, 0.15) is 6.07 Å². The smallest absolute Gasteiger partial charge is 0.279 e. The molecule has 1 aliphatic rings. The van der Waals surface area contributed by atoms with Crippen molar-refractivity contribution in [2.45, 2.75) is 12.8 Å². The number of imidazole rings is 1. The van der Waals surface area contributed by atoms with Gasteiger partial charge in [0.05, 0.1) is 0 Å². The molecule has 4 rings (SSSR count). The molecule has 2 aromatic heterocycles. The van der Waals surface area contributed by atoms with Crippen LogP contribution in [-0.4, -0.2) is 27.5 Å². The summed E-state index contributed by atoms with van der Waals surface area (Å²) in [6.07, 6.45) is 5.00. The number of nitriles is 1. The van der Waals surface area contributed by atoms with Crippen LogP contribution in [0.1, 0.15) is 16.7 Å². The number of benzene rings is 1. The van der Waals surface area contributed by atoms with Gasteiger partial charge in [-0.25, -0.2) is 0 Å². The summed E-state index contributed by atoms with van der Waals surface area (Å²) in [5.41, 5.74) is 2.43. The summed E-state index contributed by atoms with van der Waals surface area (Å²) in [5.74, 6) is 0.943. The van der Waals surface area contributed by atoms with E-state index >= 15 is 0 Å². The molecule has 0 aliphatic carbocycles. The standard InChI is InChI=1S/C17H15N5O/c18-11-14-15(20-17-19-7-10-22(17)16(14)23)21-8-5-12-3-1-2-4-13(12)6-9-21/h1-4,7,10H,5-6,8-9H2,(H,19,20). The molecule has 0 saturated carbocycles. The van der Waals surface area contributed by atoms with Gasteiger partial charge in [0.2, 0.25) is 5.78 Å². The maximum absolute atomic E-state index is 12.4. The minimum atomic E-state index is -0.324. The number of nitrogens with one attached hydrogen (secondary N) is 1. The molecule has 0 fully saturated rings. The minimum absolute atomic E-state index is 0.105. The maximum atomic E-state index is 12.4. The number of anilines is 1. The lowest BCUT2D eigenvalue weighted by molar-refractivity contribution is 0.785. The number of fused-ring (bicyclic) bond motifs is 2. The first-order valence-electron chi connectivity index (χ1n) is 7.59. The summed E-state index contributed by atoms with van der Waals surface area (Å²) < 4.78 is 1.37. The first kappa shape index (κ1) is 13.6. The van der Waals surface area contributed by atoms with Gasteiger partial charge in [0, 0.05) is 25.5 Å². The fourth-order valence-corrected chi connectivity index (χ4v) is 3.16. The van der Waals surface area contributed by atoms with Gasteiger partial charge >= 0.3 is 0 Å². The van der Waals surface area contributed by atoms with Crippen molar-refractivity contribution in [1.29, 1.82) is 5.26 Å². The molecule has 0 spiro atoms. The topological polar surface area (TPSA) is 77.2 Å². The van der Waals surface area contributed by atoms with Gasteiger partial charge in [0.25, 0.3) is 5.56 Å². The molecule has 3 aromatic rings. The average molecular weight is 305 g/mol. The van der Waals surface area contributed by atoms with Gasteiger partial charge in [0.15, 0.2) is 11.4 Å². The van der Waals surface area contributed by atoms with Crippen LogP contribution in [0.2, 0.25) is 0 Å². The van der Waals surface area contributed by atoms with Gasteiger partial charge in [-0.1, -0.05) is 24.3 Å². The minimum Gasteiger partial charge on any atom is -0.355 e. The molecule has 0 unspecified atom stereocenters. The lowest BCUT2D eigenvalue weighted by atomic mass is 10.0. The Kier molecular flexibility index (Phi) is 3.12. The number of H-pyrrole nitrogens is 1. The van der Waals surface area contributed by atoms with Gasteiger partial charge in [-0.3, -0.25) is 9.20 Å². The summed E-state index contributed by atoms with van der Waals surface area (Å²) in [6, 6.07) is 10.4. The van der Waals surface area contributed by atoms with Gasteiger partial charge in [-0.2, -0.15) is 10.2 Å². The summed E-state index contributed by atoms with van der Waals surface area (Å²) in [5, 5.41) is 9.43. The molecule has 0 radical (unpaired) electrons. The average Bonchev–Trinajstić information content (AvgIpc) is 2.94. The Bertz CT molecular complexity index is 952. The number of aromatic nitrogens is 3. The van der Waals surface area contributed by atoms with Crippen LogP contribution in [0.25, 0.3) is 5.78 Å². The van der Waals surface area contributed by atoms with E-state index in [9.17, 15) is 10.1 Å².